The van der Waals surface area contributed by atoms with Gasteiger partial charge in [0, 0.05) is 25.5 Å². The monoisotopic (exact) mass is 418 g/mol. The van der Waals surface area contributed by atoms with Crippen molar-refractivity contribution in [2.45, 2.75) is 24.9 Å². The number of carbonyl (C=O) groups is 2. The molecule has 160 valence electrons. The first-order chi connectivity index (χ1) is 14.4. The van der Waals surface area contributed by atoms with Gasteiger partial charge in [-0.3, -0.25) is 19.5 Å². The zero-order valence-electron chi connectivity index (χ0n) is 16.6. The van der Waals surface area contributed by atoms with Gasteiger partial charge in [-0.15, -0.1) is 0 Å². The van der Waals surface area contributed by atoms with E-state index in [1.807, 2.05) is 17.0 Å². The number of pyridine rings is 1. The lowest BCUT2D eigenvalue weighted by Gasteiger charge is -2.40. The van der Waals surface area contributed by atoms with Crippen molar-refractivity contribution in [3.63, 3.8) is 0 Å². The van der Waals surface area contributed by atoms with Gasteiger partial charge in [0.1, 0.15) is 11.2 Å². The molecule has 1 saturated heterocycles. The van der Waals surface area contributed by atoms with Gasteiger partial charge in [-0.2, -0.15) is 8.78 Å². The minimum absolute atomic E-state index is 0.0183. The second-order valence-corrected chi connectivity index (χ2v) is 7.14. The molecule has 0 saturated carbocycles. The number of rotatable bonds is 7. The number of nitrogens with zero attached hydrogens (tertiary/aromatic N) is 2. The van der Waals surface area contributed by atoms with Crippen LogP contribution in [0.15, 0.2) is 48.7 Å². The fourth-order valence-electron chi connectivity index (χ4n) is 3.80. The zero-order chi connectivity index (χ0) is 21.6. The molecule has 0 spiro atoms. The summed E-state index contributed by atoms with van der Waals surface area (Å²) in [7, 11) is 1.60. The van der Waals surface area contributed by atoms with Gasteiger partial charge in [0.15, 0.2) is 0 Å². The quantitative estimate of drug-likeness (QED) is 0.722. The number of anilines is 1. The number of nitrogens with one attached hydrogen (secondary N) is 2. The standard InChI is InChI=1S/C21H24F2N4O3/c1-24-19(29)21(17-5-2-3-11-25-17)10-4-12-27(14-21)13-18(28)26-15-6-8-16(9-7-15)30-20(22)23/h2-3,5-9,11,20H,4,10,12-14H2,1H3,(H,24,29)(H,26,28)/t21-/m1/s1. The maximum absolute atomic E-state index is 12.8. The van der Waals surface area contributed by atoms with Gasteiger partial charge in [-0.25, -0.2) is 0 Å². The van der Waals surface area contributed by atoms with Crippen LogP contribution in [0.1, 0.15) is 18.5 Å². The number of piperidine rings is 1. The lowest BCUT2D eigenvalue weighted by atomic mass is 9.75. The Hall–Kier alpha value is -3.07. The van der Waals surface area contributed by atoms with Crippen LogP contribution in [0.2, 0.25) is 0 Å². The number of likely N-dealkylation sites (N-methyl/N-ethyl adjacent to an activating group) is 1. The van der Waals surface area contributed by atoms with Crippen molar-refractivity contribution in [3.8, 4) is 5.75 Å². The molecule has 1 aliphatic rings. The lowest BCUT2D eigenvalue weighted by molar-refractivity contribution is -0.130. The average Bonchev–Trinajstić information content (AvgIpc) is 2.75. The van der Waals surface area contributed by atoms with Gasteiger partial charge in [0.2, 0.25) is 11.8 Å². The van der Waals surface area contributed by atoms with Gasteiger partial charge >= 0.3 is 6.61 Å². The molecule has 7 nitrogen and oxygen atoms in total. The van der Waals surface area contributed by atoms with Crippen LogP contribution in [0.5, 0.6) is 5.75 Å². The van der Waals surface area contributed by atoms with E-state index in [1.165, 1.54) is 24.3 Å². The first-order valence-corrected chi connectivity index (χ1v) is 9.64. The second-order valence-electron chi connectivity index (χ2n) is 7.14. The van der Waals surface area contributed by atoms with Crippen molar-refractivity contribution < 1.29 is 23.1 Å². The Morgan fingerprint density at radius 3 is 2.63 bits per heavy atom. The Bertz CT molecular complexity index is 864. The molecule has 2 heterocycles. The fourth-order valence-corrected chi connectivity index (χ4v) is 3.80. The first-order valence-electron chi connectivity index (χ1n) is 9.64. The summed E-state index contributed by atoms with van der Waals surface area (Å²) >= 11 is 0. The van der Waals surface area contributed by atoms with Crippen LogP contribution in [0.25, 0.3) is 0 Å². The summed E-state index contributed by atoms with van der Waals surface area (Å²) in [5.41, 5.74) is 0.341. The van der Waals surface area contributed by atoms with Crippen molar-refractivity contribution in [1.29, 1.82) is 0 Å². The molecule has 2 amide bonds. The molecule has 1 aromatic carbocycles. The largest absolute Gasteiger partial charge is 0.435 e. The van der Waals surface area contributed by atoms with E-state index < -0.39 is 12.0 Å². The summed E-state index contributed by atoms with van der Waals surface area (Å²) in [6.45, 7) is -1.75. The van der Waals surface area contributed by atoms with E-state index in [-0.39, 0.29) is 24.1 Å². The molecule has 3 rings (SSSR count). The molecule has 1 aliphatic heterocycles. The molecule has 0 aliphatic carbocycles. The number of hydrogen-bond acceptors (Lipinski definition) is 5. The van der Waals surface area contributed by atoms with Crippen LogP contribution >= 0.6 is 0 Å². The highest BCUT2D eigenvalue weighted by atomic mass is 19.3. The van der Waals surface area contributed by atoms with Crippen LogP contribution in [0.4, 0.5) is 14.5 Å². The Balaban J connectivity index is 1.66. The van der Waals surface area contributed by atoms with Crippen molar-refractivity contribution >= 4 is 17.5 Å². The number of hydrogen-bond donors (Lipinski definition) is 2. The zero-order valence-corrected chi connectivity index (χ0v) is 16.6. The van der Waals surface area contributed by atoms with Gasteiger partial charge < -0.3 is 15.4 Å². The van der Waals surface area contributed by atoms with E-state index in [0.29, 0.717) is 30.9 Å². The summed E-state index contributed by atoms with van der Waals surface area (Å²) in [6, 6.07) is 11.2. The normalized spacial score (nSPS) is 19.3. The van der Waals surface area contributed by atoms with Crippen LogP contribution in [0.3, 0.4) is 0 Å². The molecule has 2 aromatic rings. The fraction of sp³-hybridized carbons (Fsp3) is 0.381. The van der Waals surface area contributed by atoms with Gasteiger partial charge in [0.25, 0.3) is 0 Å². The minimum Gasteiger partial charge on any atom is -0.435 e. The number of amides is 2. The first kappa shape index (κ1) is 21.6. The van der Waals surface area contributed by atoms with E-state index in [4.69, 9.17) is 0 Å². The summed E-state index contributed by atoms with van der Waals surface area (Å²) in [4.78, 5) is 31.6. The van der Waals surface area contributed by atoms with Gasteiger partial charge in [-0.1, -0.05) is 6.07 Å². The highest BCUT2D eigenvalue weighted by molar-refractivity contribution is 5.92. The Morgan fingerprint density at radius 1 is 1.23 bits per heavy atom. The van der Waals surface area contributed by atoms with E-state index in [9.17, 15) is 18.4 Å². The number of halogens is 2. The molecule has 0 bridgehead atoms. The topological polar surface area (TPSA) is 83.6 Å². The second kappa shape index (κ2) is 9.62. The highest BCUT2D eigenvalue weighted by Gasteiger charge is 2.44. The maximum Gasteiger partial charge on any atom is 0.387 e. The lowest BCUT2D eigenvalue weighted by Crippen LogP contribution is -2.55. The van der Waals surface area contributed by atoms with Crippen LogP contribution < -0.4 is 15.4 Å². The molecular formula is C21H24F2N4O3. The van der Waals surface area contributed by atoms with E-state index in [0.717, 1.165) is 6.42 Å². The van der Waals surface area contributed by atoms with E-state index in [2.05, 4.69) is 20.4 Å². The number of ether oxygens (including phenoxy) is 1. The predicted octanol–water partition coefficient (Wildman–Crippen LogP) is 2.40. The van der Waals surface area contributed by atoms with Crippen LogP contribution in [-0.2, 0) is 15.0 Å². The maximum atomic E-state index is 12.8. The molecule has 0 radical (unpaired) electrons. The molecule has 2 N–H and O–H groups in total. The van der Waals surface area contributed by atoms with Gasteiger partial charge in [0.05, 0.1) is 12.2 Å². The van der Waals surface area contributed by atoms with Crippen molar-refractivity contribution in [1.82, 2.24) is 15.2 Å². The van der Waals surface area contributed by atoms with Gasteiger partial charge in [-0.05, 0) is 55.8 Å². The Kier molecular flexibility index (Phi) is 6.94. The van der Waals surface area contributed by atoms with Crippen LogP contribution in [0, 0.1) is 0 Å². The third kappa shape index (κ3) is 5.10. The molecule has 9 heteroatoms. The minimum atomic E-state index is -2.90. The molecule has 1 atom stereocenters. The van der Waals surface area contributed by atoms with E-state index >= 15 is 0 Å². The number of carbonyl (C=O) groups excluding carboxylic acids is 2. The van der Waals surface area contributed by atoms with Crippen molar-refractivity contribution in [2.75, 3.05) is 32.0 Å². The predicted molar refractivity (Wildman–Crippen MR) is 107 cm³/mol. The van der Waals surface area contributed by atoms with Crippen molar-refractivity contribution in [3.05, 3.63) is 54.4 Å². The van der Waals surface area contributed by atoms with Crippen molar-refractivity contribution in [2.24, 2.45) is 0 Å². The van der Waals surface area contributed by atoms with Crippen LogP contribution in [-0.4, -0.2) is 55.0 Å². The molecule has 1 aromatic heterocycles. The number of likely N-dealkylation sites (tertiary alicyclic amines) is 1. The summed E-state index contributed by atoms with van der Waals surface area (Å²) < 4.78 is 28.8. The highest BCUT2D eigenvalue weighted by Crippen LogP contribution is 2.33. The molecule has 0 unspecified atom stereocenters. The SMILES string of the molecule is CNC(=O)[C@]1(c2ccccn2)CCCN(CC(=O)Nc2ccc(OC(F)F)cc2)C1. The smallest absolute Gasteiger partial charge is 0.387 e. The molecule has 1 fully saturated rings. The number of aromatic nitrogens is 1. The third-order valence-corrected chi connectivity index (χ3v) is 5.12. The molecule has 30 heavy (non-hydrogen) atoms. The third-order valence-electron chi connectivity index (χ3n) is 5.12. The summed E-state index contributed by atoms with van der Waals surface area (Å²) in [5, 5.41) is 5.48. The summed E-state index contributed by atoms with van der Waals surface area (Å²) in [5.74, 6) is -0.364. The molecular weight excluding hydrogens is 394 g/mol. The Morgan fingerprint density at radius 2 is 2.00 bits per heavy atom. The van der Waals surface area contributed by atoms with E-state index in [1.54, 1.807) is 19.3 Å². The summed E-state index contributed by atoms with van der Waals surface area (Å²) in [6.07, 6.45) is 3.05. The Labute approximate surface area is 173 Å². The number of benzene rings is 1. The average molecular weight is 418 g/mol. The number of alkyl halides is 2.